The molecule has 0 N–H and O–H groups in total. The van der Waals surface area contributed by atoms with Crippen LogP contribution < -0.4 is 21.5 Å². The molecule has 0 spiro atoms. The Morgan fingerprint density at radius 3 is 2.56 bits per heavy atom. The third-order valence-corrected chi connectivity index (χ3v) is 4.04. The molecule has 3 heteroatoms. The maximum Gasteiger partial charge on any atom is 0.226 e. The number of thiazole rings is 1. The van der Waals surface area contributed by atoms with Crippen molar-refractivity contribution in [3.8, 4) is 0 Å². The van der Waals surface area contributed by atoms with Crippen molar-refractivity contribution in [2.45, 2.75) is 13.5 Å². The second-order valence-electron chi connectivity index (χ2n) is 4.25. The summed E-state index contributed by atoms with van der Waals surface area (Å²) >= 11 is 1.80. The second kappa shape index (κ2) is 5.63. The maximum absolute atomic E-state index is 2.32. The van der Waals surface area contributed by atoms with E-state index in [9.17, 15) is 0 Å². The zero-order valence-corrected chi connectivity index (χ0v) is 12.5. The minimum absolute atomic E-state index is 0. The van der Waals surface area contributed by atoms with Gasteiger partial charge in [-0.2, -0.15) is 4.57 Å². The summed E-state index contributed by atoms with van der Waals surface area (Å²) in [4.78, 5) is 0. The molecule has 0 atom stereocenters. The van der Waals surface area contributed by atoms with E-state index in [2.05, 4.69) is 65.5 Å². The third kappa shape index (κ3) is 2.47. The average Bonchev–Trinajstić information content (AvgIpc) is 2.76. The summed E-state index contributed by atoms with van der Waals surface area (Å²) in [7, 11) is 0. The summed E-state index contributed by atoms with van der Waals surface area (Å²) in [6.45, 7) is 3.13. The Labute approximate surface area is 121 Å². The summed E-state index contributed by atoms with van der Waals surface area (Å²) in [5.41, 5.74) is 6.27. The highest BCUT2D eigenvalue weighted by molar-refractivity contribution is 7.16. The molecule has 1 aromatic heterocycles. The second-order valence-corrected chi connectivity index (χ2v) is 5.13. The van der Waals surface area contributed by atoms with E-state index in [-0.39, 0.29) is 17.0 Å². The predicted molar refractivity (Wildman–Crippen MR) is 72.3 cm³/mol. The Kier molecular flexibility index (Phi) is 4.15. The van der Waals surface area contributed by atoms with Gasteiger partial charge in [-0.25, -0.2) is 0 Å². The van der Waals surface area contributed by atoms with E-state index in [0.717, 1.165) is 6.54 Å². The Morgan fingerprint density at radius 2 is 1.72 bits per heavy atom. The van der Waals surface area contributed by atoms with Crippen LogP contribution in [0.4, 0.5) is 0 Å². The fourth-order valence-corrected chi connectivity index (χ4v) is 2.96. The molecule has 0 saturated heterocycles. The van der Waals surface area contributed by atoms with Crippen LogP contribution in [0.2, 0.25) is 0 Å². The Morgan fingerprint density at radius 1 is 1.00 bits per heavy atom. The lowest BCUT2D eigenvalue weighted by Gasteiger charge is -2.00. The molecule has 2 aromatic carbocycles. The molecule has 3 rings (SSSR count). The van der Waals surface area contributed by atoms with Crippen molar-refractivity contribution in [2.24, 2.45) is 0 Å². The average molecular weight is 320 g/mol. The predicted octanol–water partition coefficient (Wildman–Crippen LogP) is 0.550. The number of halogens is 1. The van der Waals surface area contributed by atoms with Crippen molar-refractivity contribution in [1.82, 2.24) is 0 Å². The van der Waals surface area contributed by atoms with Crippen LogP contribution in [0.15, 0.2) is 54.0 Å². The van der Waals surface area contributed by atoms with Crippen LogP contribution in [-0.4, -0.2) is 0 Å². The number of rotatable bonds is 2. The fraction of sp³-hybridized carbons (Fsp3) is 0.133. The van der Waals surface area contributed by atoms with Gasteiger partial charge in [0, 0.05) is 11.6 Å². The van der Waals surface area contributed by atoms with Crippen molar-refractivity contribution in [1.29, 1.82) is 0 Å². The van der Waals surface area contributed by atoms with Crippen molar-refractivity contribution < 1.29 is 21.5 Å². The summed E-state index contributed by atoms with van der Waals surface area (Å²) in [5.74, 6) is 0. The van der Waals surface area contributed by atoms with Crippen LogP contribution in [-0.2, 0) is 6.54 Å². The quantitative estimate of drug-likeness (QED) is 0.607. The first-order chi connectivity index (χ1) is 8.34. The van der Waals surface area contributed by atoms with Gasteiger partial charge in [-0.15, -0.1) is 0 Å². The number of hydrogen-bond acceptors (Lipinski definition) is 1. The molecule has 0 fully saturated rings. The van der Waals surface area contributed by atoms with Gasteiger partial charge >= 0.3 is 0 Å². The van der Waals surface area contributed by atoms with E-state index in [1.165, 1.54) is 21.3 Å². The molecular weight excluding hydrogens is 306 g/mol. The number of aromatic nitrogens is 1. The number of hydrogen-bond donors (Lipinski definition) is 0. The van der Waals surface area contributed by atoms with Gasteiger partial charge in [-0.1, -0.05) is 47.7 Å². The zero-order valence-electron chi connectivity index (χ0n) is 10.1. The lowest BCUT2D eigenvalue weighted by atomic mass is 10.1. The molecule has 0 aliphatic carbocycles. The molecule has 0 aliphatic rings. The Hall–Kier alpha value is -1.19. The molecule has 0 bridgehead atoms. The van der Waals surface area contributed by atoms with E-state index in [0.29, 0.717) is 0 Å². The standard InChI is InChI=1S/C15H14NS.BrH/c1-12-6-2-3-7-13(12)10-16-11-17-15-9-5-4-8-14(15)16;/h2-9,11H,10H2,1H3;1H/q+1;/p-1. The Balaban J connectivity index is 0.00000120. The summed E-state index contributed by atoms with van der Waals surface area (Å²) in [5, 5.41) is 0. The summed E-state index contributed by atoms with van der Waals surface area (Å²) in [6, 6.07) is 17.1. The lowest BCUT2D eigenvalue weighted by Crippen LogP contribution is -3.00. The number of benzene rings is 2. The molecule has 18 heavy (non-hydrogen) atoms. The first-order valence-electron chi connectivity index (χ1n) is 5.75. The third-order valence-electron chi connectivity index (χ3n) is 3.08. The van der Waals surface area contributed by atoms with Crippen LogP contribution >= 0.6 is 11.3 Å². The molecule has 92 valence electrons. The Bertz CT molecular complexity index is 660. The fourth-order valence-electron chi connectivity index (χ4n) is 2.06. The number of aryl methyl sites for hydroxylation is 1. The van der Waals surface area contributed by atoms with Crippen molar-refractivity contribution in [2.75, 3.05) is 0 Å². The van der Waals surface area contributed by atoms with Gasteiger partial charge in [0.1, 0.15) is 4.70 Å². The van der Waals surface area contributed by atoms with Gasteiger partial charge in [-0.05, 0) is 18.6 Å². The van der Waals surface area contributed by atoms with E-state index in [1.807, 2.05) is 0 Å². The van der Waals surface area contributed by atoms with Crippen molar-refractivity contribution >= 4 is 21.6 Å². The van der Waals surface area contributed by atoms with Crippen LogP contribution in [0.25, 0.3) is 10.2 Å². The van der Waals surface area contributed by atoms with E-state index in [1.54, 1.807) is 11.3 Å². The van der Waals surface area contributed by atoms with Crippen molar-refractivity contribution in [3.63, 3.8) is 0 Å². The number of para-hydroxylation sites is 1. The highest BCUT2D eigenvalue weighted by Gasteiger charge is 2.12. The van der Waals surface area contributed by atoms with Gasteiger partial charge in [0.25, 0.3) is 0 Å². The molecule has 0 aliphatic heterocycles. The lowest BCUT2D eigenvalue weighted by molar-refractivity contribution is -0.658. The van der Waals surface area contributed by atoms with Crippen LogP contribution in [0.1, 0.15) is 11.1 Å². The van der Waals surface area contributed by atoms with E-state index in [4.69, 9.17) is 0 Å². The smallest absolute Gasteiger partial charge is 0.226 e. The minimum atomic E-state index is 0. The molecule has 0 unspecified atom stereocenters. The SMILES string of the molecule is Cc1ccccc1C[n+]1csc2ccccc21.[Br-]. The largest absolute Gasteiger partial charge is 1.00 e. The van der Waals surface area contributed by atoms with Crippen LogP contribution in [0, 0.1) is 6.92 Å². The van der Waals surface area contributed by atoms with Crippen LogP contribution in [0.3, 0.4) is 0 Å². The molecule has 1 nitrogen and oxygen atoms in total. The van der Waals surface area contributed by atoms with Gasteiger partial charge in [0.15, 0.2) is 6.54 Å². The van der Waals surface area contributed by atoms with Gasteiger partial charge in [-0.3, -0.25) is 0 Å². The van der Waals surface area contributed by atoms with Gasteiger partial charge in [0.05, 0.1) is 0 Å². The molecule has 0 amide bonds. The molecule has 1 heterocycles. The van der Waals surface area contributed by atoms with Crippen molar-refractivity contribution in [3.05, 3.63) is 65.2 Å². The van der Waals surface area contributed by atoms with Gasteiger partial charge < -0.3 is 17.0 Å². The maximum atomic E-state index is 2.32. The minimum Gasteiger partial charge on any atom is -1.00 e. The van der Waals surface area contributed by atoms with Gasteiger partial charge in [0.2, 0.25) is 11.0 Å². The van der Waals surface area contributed by atoms with E-state index < -0.39 is 0 Å². The molecule has 0 radical (unpaired) electrons. The summed E-state index contributed by atoms with van der Waals surface area (Å²) < 4.78 is 3.67. The highest BCUT2D eigenvalue weighted by atomic mass is 79.9. The van der Waals surface area contributed by atoms with Crippen LogP contribution in [0.5, 0.6) is 0 Å². The zero-order chi connectivity index (χ0) is 11.7. The number of nitrogens with zero attached hydrogens (tertiary/aromatic N) is 1. The topological polar surface area (TPSA) is 3.88 Å². The number of fused-ring (bicyclic) bond motifs is 1. The molecule has 0 saturated carbocycles. The first-order valence-corrected chi connectivity index (χ1v) is 6.63. The first kappa shape index (κ1) is 13.2. The highest BCUT2D eigenvalue weighted by Crippen LogP contribution is 2.16. The normalized spacial score (nSPS) is 10.3. The monoisotopic (exact) mass is 319 g/mol. The van der Waals surface area contributed by atoms with E-state index >= 15 is 0 Å². The molecular formula is C15H14BrNS. The summed E-state index contributed by atoms with van der Waals surface area (Å²) in [6.07, 6.45) is 0. The molecule has 3 aromatic rings.